The number of esters is 2. The van der Waals surface area contributed by atoms with Crippen molar-refractivity contribution in [3.05, 3.63) is 36.5 Å². The van der Waals surface area contributed by atoms with Crippen LogP contribution in [0.1, 0.15) is 220 Å². The quantitative estimate of drug-likeness (QED) is 0.0281. The normalized spacial score (nSPS) is 13.6. The van der Waals surface area contributed by atoms with Gasteiger partial charge < -0.3 is 14.4 Å². The Morgan fingerprint density at radius 2 is 0.927 bits per heavy atom. The summed E-state index contributed by atoms with van der Waals surface area (Å²) in [7, 11) is -4.29. The smallest absolute Gasteiger partial charge is 0.462 e. The molecule has 0 aliphatic rings. The molecule has 0 spiro atoms. The average Bonchev–Trinajstić information content (AvgIpc) is 3.16. The van der Waals surface area contributed by atoms with Crippen LogP contribution in [0.2, 0.25) is 0 Å². The number of hydrogen-bond acceptors (Lipinski definition) is 7. The number of ether oxygens (including phenoxy) is 2. The van der Waals surface area contributed by atoms with Crippen LogP contribution in [-0.2, 0) is 32.7 Å². The monoisotopic (exact) mass is 797 g/mol. The molecule has 0 saturated carbocycles. The third-order valence-corrected chi connectivity index (χ3v) is 10.8. The first kappa shape index (κ1) is 53.3. The lowest BCUT2D eigenvalue weighted by atomic mass is 10.0. The Morgan fingerprint density at radius 1 is 0.509 bits per heavy atom. The van der Waals surface area contributed by atoms with E-state index >= 15 is 0 Å². The molecule has 0 heterocycles. The largest absolute Gasteiger partial charge is 0.472 e. The van der Waals surface area contributed by atoms with Crippen molar-refractivity contribution >= 4 is 19.8 Å². The van der Waals surface area contributed by atoms with Crippen LogP contribution in [0.5, 0.6) is 0 Å². The van der Waals surface area contributed by atoms with E-state index in [1.54, 1.807) is 6.92 Å². The Kier molecular flexibility index (Phi) is 40.6. The van der Waals surface area contributed by atoms with Gasteiger partial charge in [0, 0.05) is 12.8 Å². The zero-order valence-electron chi connectivity index (χ0n) is 35.8. The predicted molar refractivity (Wildman–Crippen MR) is 230 cm³/mol. The fraction of sp³-hybridized carbons (Fsp3) is 0.826. The van der Waals surface area contributed by atoms with Crippen LogP contribution in [0.4, 0.5) is 0 Å². The Labute approximate surface area is 338 Å². The van der Waals surface area contributed by atoms with Crippen molar-refractivity contribution in [2.24, 2.45) is 0 Å². The van der Waals surface area contributed by atoms with Crippen molar-refractivity contribution in [1.29, 1.82) is 0 Å². The summed E-state index contributed by atoms with van der Waals surface area (Å²) in [6, 6.07) is 0. The third-order valence-electron chi connectivity index (χ3n) is 9.71. The number of phosphoric ester groups is 1. The standard InChI is InChI=1S/C46H85O8P/c1-4-7-9-11-13-15-17-19-20-21-22-23-24-25-26-27-29-30-32-34-36-38-40-45(47)51-42-44(43-53-55(49,50)52-6-3)54-46(48)41-39-37-35-33-31-28-18-16-14-12-10-8-5-2/h8,10,14,16,28,31,44H,4-7,9,11-13,15,17-27,29-30,32-43H2,1-3H3,(H,49,50)/b10-8-,16-14-,31-28-. The number of hydrogen-bond donors (Lipinski definition) is 1. The van der Waals surface area contributed by atoms with E-state index in [2.05, 4.69) is 50.3 Å². The number of phosphoric acid groups is 1. The van der Waals surface area contributed by atoms with E-state index < -0.39 is 26.5 Å². The molecule has 8 nitrogen and oxygen atoms in total. The van der Waals surface area contributed by atoms with Crippen molar-refractivity contribution < 1.29 is 37.6 Å². The van der Waals surface area contributed by atoms with Gasteiger partial charge in [0.05, 0.1) is 13.2 Å². The molecule has 2 unspecified atom stereocenters. The van der Waals surface area contributed by atoms with Crippen LogP contribution in [0.15, 0.2) is 36.5 Å². The zero-order chi connectivity index (χ0) is 40.3. The molecule has 0 aromatic carbocycles. The van der Waals surface area contributed by atoms with E-state index in [1.165, 1.54) is 122 Å². The van der Waals surface area contributed by atoms with Crippen molar-refractivity contribution in [2.75, 3.05) is 19.8 Å². The van der Waals surface area contributed by atoms with E-state index in [9.17, 15) is 19.0 Å². The molecular formula is C46H85O8P. The minimum absolute atomic E-state index is 0.00467. The molecule has 0 aliphatic carbocycles. The highest BCUT2D eigenvalue weighted by molar-refractivity contribution is 7.47. The highest BCUT2D eigenvalue weighted by Gasteiger charge is 2.25. The highest BCUT2D eigenvalue weighted by Crippen LogP contribution is 2.43. The van der Waals surface area contributed by atoms with Crippen LogP contribution < -0.4 is 0 Å². The van der Waals surface area contributed by atoms with Gasteiger partial charge in [0.2, 0.25) is 0 Å². The molecular weight excluding hydrogens is 711 g/mol. The SMILES string of the molecule is CC/C=C\C/C=C\C/C=C\CCCCCC(=O)OC(COC(=O)CCCCCCCCCCCCCCCCCCCCCCCC)COP(=O)(O)OCC. The Hall–Kier alpha value is -1.73. The molecule has 9 heteroatoms. The molecule has 0 amide bonds. The topological polar surface area (TPSA) is 108 Å². The van der Waals surface area contributed by atoms with Gasteiger partial charge in [0.15, 0.2) is 6.10 Å². The van der Waals surface area contributed by atoms with Crippen LogP contribution in [0.25, 0.3) is 0 Å². The molecule has 55 heavy (non-hydrogen) atoms. The van der Waals surface area contributed by atoms with Gasteiger partial charge in [0.1, 0.15) is 6.61 Å². The van der Waals surface area contributed by atoms with Gasteiger partial charge in [-0.25, -0.2) is 4.57 Å². The number of carbonyl (C=O) groups excluding carboxylic acids is 2. The fourth-order valence-corrected chi connectivity index (χ4v) is 7.17. The number of carbonyl (C=O) groups is 2. The minimum atomic E-state index is -4.29. The Balaban J connectivity index is 3.98. The molecule has 0 radical (unpaired) electrons. The van der Waals surface area contributed by atoms with Crippen molar-refractivity contribution in [1.82, 2.24) is 0 Å². The zero-order valence-corrected chi connectivity index (χ0v) is 36.7. The predicted octanol–water partition coefficient (Wildman–Crippen LogP) is 14.4. The van der Waals surface area contributed by atoms with E-state index in [4.69, 9.17) is 18.5 Å². The number of rotatable bonds is 42. The molecule has 322 valence electrons. The van der Waals surface area contributed by atoms with Gasteiger partial charge in [-0.2, -0.15) is 0 Å². The van der Waals surface area contributed by atoms with Crippen molar-refractivity contribution in [3.63, 3.8) is 0 Å². The first-order valence-electron chi connectivity index (χ1n) is 22.8. The second kappa shape index (κ2) is 41.9. The lowest BCUT2D eigenvalue weighted by molar-refractivity contribution is -0.161. The van der Waals surface area contributed by atoms with Gasteiger partial charge in [-0.15, -0.1) is 0 Å². The van der Waals surface area contributed by atoms with Crippen molar-refractivity contribution in [3.8, 4) is 0 Å². The summed E-state index contributed by atoms with van der Waals surface area (Å²) < 4.78 is 32.6. The maximum Gasteiger partial charge on any atom is 0.472 e. The minimum Gasteiger partial charge on any atom is -0.462 e. The van der Waals surface area contributed by atoms with E-state index in [0.29, 0.717) is 12.8 Å². The van der Waals surface area contributed by atoms with E-state index in [1.807, 2.05) is 0 Å². The number of allylic oxidation sites excluding steroid dienone is 6. The van der Waals surface area contributed by atoms with Gasteiger partial charge >= 0.3 is 19.8 Å². The second-order valence-electron chi connectivity index (χ2n) is 15.0. The van der Waals surface area contributed by atoms with Crippen LogP contribution >= 0.6 is 7.82 Å². The third kappa shape index (κ3) is 41.7. The summed E-state index contributed by atoms with van der Waals surface area (Å²) in [4.78, 5) is 34.7. The molecule has 0 bridgehead atoms. The molecule has 2 atom stereocenters. The van der Waals surface area contributed by atoms with Gasteiger partial charge in [0.25, 0.3) is 0 Å². The Morgan fingerprint density at radius 3 is 1.40 bits per heavy atom. The summed E-state index contributed by atoms with van der Waals surface area (Å²) in [5.74, 6) is -0.825. The lowest BCUT2D eigenvalue weighted by Gasteiger charge is -2.19. The maximum atomic E-state index is 12.5. The van der Waals surface area contributed by atoms with Crippen LogP contribution in [0, 0.1) is 0 Å². The average molecular weight is 797 g/mol. The van der Waals surface area contributed by atoms with Gasteiger partial charge in [-0.05, 0) is 51.9 Å². The van der Waals surface area contributed by atoms with Gasteiger partial charge in [-0.1, -0.05) is 192 Å². The molecule has 0 aromatic rings. The summed E-state index contributed by atoms with van der Waals surface area (Å²) in [6.45, 7) is 5.35. The molecule has 1 N–H and O–H groups in total. The maximum absolute atomic E-state index is 12.5. The van der Waals surface area contributed by atoms with Crippen molar-refractivity contribution in [2.45, 2.75) is 226 Å². The Bertz CT molecular complexity index is 994. The summed E-state index contributed by atoms with van der Waals surface area (Å²) >= 11 is 0. The number of unbranched alkanes of at least 4 members (excludes halogenated alkanes) is 24. The van der Waals surface area contributed by atoms with E-state index in [0.717, 1.165) is 57.8 Å². The lowest BCUT2D eigenvalue weighted by Crippen LogP contribution is -2.29. The second-order valence-corrected chi connectivity index (χ2v) is 16.5. The molecule has 0 saturated heterocycles. The first-order chi connectivity index (χ1) is 26.8. The summed E-state index contributed by atoms with van der Waals surface area (Å²) in [5.41, 5.74) is 0. The first-order valence-corrected chi connectivity index (χ1v) is 24.3. The fourth-order valence-electron chi connectivity index (χ4n) is 6.41. The summed E-state index contributed by atoms with van der Waals surface area (Å²) in [5, 5.41) is 0. The molecule has 0 rings (SSSR count). The van der Waals surface area contributed by atoms with Crippen LogP contribution in [0.3, 0.4) is 0 Å². The molecule has 0 aromatic heterocycles. The van der Waals surface area contributed by atoms with Crippen LogP contribution in [-0.4, -0.2) is 42.8 Å². The summed E-state index contributed by atoms with van der Waals surface area (Å²) in [6.07, 6.45) is 47.9. The highest BCUT2D eigenvalue weighted by atomic mass is 31.2. The molecule has 0 aliphatic heterocycles. The molecule has 0 fully saturated rings. The van der Waals surface area contributed by atoms with E-state index in [-0.39, 0.29) is 25.6 Å². The van der Waals surface area contributed by atoms with Gasteiger partial charge in [-0.3, -0.25) is 18.6 Å².